The van der Waals surface area contributed by atoms with Crippen molar-refractivity contribution in [1.29, 1.82) is 0 Å². The largest absolute Gasteiger partial charge is 0.489 e. The van der Waals surface area contributed by atoms with Crippen molar-refractivity contribution in [1.82, 2.24) is 19.2 Å². The van der Waals surface area contributed by atoms with Gasteiger partial charge in [0, 0.05) is 24.7 Å². The van der Waals surface area contributed by atoms with Crippen LogP contribution in [0.4, 0.5) is 23.2 Å². The van der Waals surface area contributed by atoms with Gasteiger partial charge in [-0.05, 0) is 19.9 Å². The van der Waals surface area contributed by atoms with E-state index < -0.39 is 24.6 Å². The molecule has 0 unspecified atom stereocenters. The summed E-state index contributed by atoms with van der Waals surface area (Å²) in [5.74, 6) is -0.554. The van der Waals surface area contributed by atoms with Crippen molar-refractivity contribution in [2.75, 3.05) is 5.32 Å². The SMILES string of the molecule is CC(C)Oc1cc2nc(C(F)F)cn2cc1NC(=O)c1ccn(C(F)F)n1. The fourth-order valence-electron chi connectivity index (χ4n) is 2.34. The number of pyridine rings is 1. The number of halogens is 4. The van der Waals surface area contributed by atoms with Gasteiger partial charge in [-0.15, -0.1) is 0 Å². The molecule has 7 nitrogen and oxygen atoms in total. The van der Waals surface area contributed by atoms with E-state index in [0.717, 1.165) is 18.5 Å². The Bertz CT molecular complexity index is 967. The monoisotopic (exact) mass is 385 g/mol. The number of amides is 1. The van der Waals surface area contributed by atoms with Crippen molar-refractivity contribution in [2.45, 2.75) is 32.9 Å². The second-order valence-electron chi connectivity index (χ2n) is 5.86. The van der Waals surface area contributed by atoms with Crippen LogP contribution in [-0.2, 0) is 0 Å². The summed E-state index contributed by atoms with van der Waals surface area (Å²) in [6.45, 7) is 0.619. The first-order chi connectivity index (χ1) is 12.7. The third-order valence-corrected chi connectivity index (χ3v) is 3.45. The molecule has 11 heteroatoms. The summed E-state index contributed by atoms with van der Waals surface area (Å²) in [4.78, 5) is 16.1. The Balaban J connectivity index is 1.95. The lowest BCUT2D eigenvalue weighted by Crippen LogP contribution is -2.16. The van der Waals surface area contributed by atoms with Crippen LogP contribution in [0.1, 0.15) is 43.0 Å². The van der Waals surface area contributed by atoms with Crippen molar-refractivity contribution in [3.8, 4) is 5.75 Å². The van der Waals surface area contributed by atoms with Gasteiger partial charge >= 0.3 is 6.55 Å². The highest BCUT2D eigenvalue weighted by molar-refractivity contribution is 6.03. The number of hydrogen-bond acceptors (Lipinski definition) is 4. The van der Waals surface area contributed by atoms with Crippen LogP contribution in [0.15, 0.2) is 30.7 Å². The van der Waals surface area contributed by atoms with Gasteiger partial charge in [0.1, 0.15) is 22.8 Å². The maximum absolute atomic E-state index is 12.9. The smallest absolute Gasteiger partial charge is 0.333 e. The Morgan fingerprint density at radius 3 is 2.56 bits per heavy atom. The van der Waals surface area contributed by atoms with E-state index in [1.54, 1.807) is 13.8 Å². The van der Waals surface area contributed by atoms with Gasteiger partial charge in [-0.3, -0.25) is 4.79 Å². The van der Waals surface area contributed by atoms with Crippen LogP contribution < -0.4 is 10.1 Å². The molecule has 27 heavy (non-hydrogen) atoms. The summed E-state index contributed by atoms with van der Waals surface area (Å²) >= 11 is 0. The number of nitrogens with zero attached hydrogens (tertiary/aromatic N) is 4. The summed E-state index contributed by atoms with van der Waals surface area (Å²) in [5, 5.41) is 5.98. The molecule has 0 atom stereocenters. The maximum atomic E-state index is 12.9. The van der Waals surface area contributed by atoms with E-state index in [4.69, 9.17) is 4.74 Å². The first kappa shape index (κ1) is 18.7. The lowest BCUT2D eigenvalue weighted by Gasteiger charge is -2.15. The average Bonchev–Trinajstić information content (AvgIpc) is 3.21. The molecular weight excluding hydrogens is 370 g/mol. The molecule has 0 aliphatic carbocycles. The molecule has 3 aromatic rings. The Labute approximate surface area is 150 Å². The van der Waals surface area contributed by atoms with Crippen molar-refractivity contribution in [2.24, 2.45) is 0 Å². The fourth-order valence-corrected chi connectivity index (χ4v) is 2.34. The Morgan fingerprint density at radius 2 is 1.96 bits per heavy atom. The van der Waals surface area contributed by atoms with E-state index >= 15 is 0 Å². The fraction of sp³-hybridized carbons (Fsp3) is 0.312. The van der Waals surface area contributed by atoms with Gasteiger partial charge in [-0.1, -0.05) is 0 Å². The molecule has 0 saturated heterocycles. The second-order valence-corrected chi connectivity index (χ2v) is 5.86. The van der Waals surface area contributed by atoms with Crippen LogP contribution in [0, 0.1) is 0 Å². The topological polar surface area (TPSA) is 73.5 Å². The Kier molecular flexibility index (Phi) is 5.02. The first-order valence-electron chi connectivity index (χ1n) is 7.86. The minimum absolute atomic E-state index is 0.158. The number of carbonyl (C=O) groups excluding carboxylic acids is 1. The van der Waals surface area contributed by atoms with E-state index in [1.807, 2.05) is 0 Å². The van der Waals surface area contributed by atoms with E-state index in [0.29, 0.717) is 4.68 Å². The number of alkyl halides is 4. The highest BCUT2D eigenvalue weighted by atomic mass is 19.3. The summed E-state index contributed by atoms with van der Waals surface area (Å²) in [5.41, 5.74) is -0.290. The van der Waals surface area contributed by atoms with Crippen molar-refractivity contribution < 1.29 is 27.1 Å². The molecule has 0 radical (unpaired) electrons. The molecule has 3 rings (SSSR count). The van der Waals surface area contributed by atoms with E-state index in [-0.39, 0.29) is 28.9 Å². The molecule has 0 bridgehead atoms. The molecular formula is C16H15F4N5O2. The molecule has 1 N–H and O–H groups in total. The van der Waals surface area contributed by atoms with Gasteiger partial charge in [0.25, 0.3) is 12.3 Å². The molecule has 0 spiro atoms. The highest BCUT2D eigenvalue weighted by Gasteiger charge is 2.19. The first-order valence-corrected chi connectivity index (χ1v) is 7.86. The van der Waals surface area contributed by atoms with Crippen molar-refractivity contribution in [3.63, 3.8) is 0 Å². The number of anilines is 1. The number of nitrogens with one attached hydrogen (secondary N) is 1. The van der Waals surface area contributed by atoms with E-state index in [1.165, 1.54) is 16.7 Å². The quantitative estimate of drug-likeness (QED) is 0.653. The van der Waals surface area contributed by atoms with Crippen molar-refractivity contribution >= 4 is 17.2 Å². The molecule has 0 aliphatic heterocycles. The minimum Gasteiger partial charge on any atom is -0.489 e. The lowest BCUT2D eigenvalue weighted by atomic mass is 10.3. The van der Waals surface area contributed by atoms with Crippen LogP contribution in [0.25, 0.3) is 5.65 Å². The van der Waals surface area contributed by atoms with Crippen LogP contribution in [0.2, 0.25) is 0 Å². The zero-order valence-electron chi connectivity index (χ0n) is 14.2. The predicted octanol–water partition coefficient (Wildman–Crippen LogP) is 3.90. The predicted molar refractivity (Wildman–Crippen MR) is 87.3 cm³/mol. The third-order valence-electron chi connectivity index (χ3n) is 3.45. The molecule has 3 aromatic heterocycles. The third kappa shape index (κ3) is 4.01. The van der Waals surface area contributed by atoms with Gasteiger partial charge in [0.15, 0.2) is 5.69 Å². The number of hydrogen-bond donors (Lipinski definition) is 1. The molecule has 0 aromatic carbocycles. The number of imidazole rings is 1. The Morgan fingerprint density at radius 1 is 1.22 bits per heavy atom. The normalized spacial score (nSPS) is 11.7. The standard InChI is InChI=1S/C16H15F4N5O2/c1-8(2)27-12-5-13-21-11(14(17)18)7-24(13)6-10(12)22-15(26)9-3-4-25(23-9)16(19)20/h3-8,14,16H,1-2H3,(H,22,26). The Hall–Kier alpha value is -3.11. The average molecular weight is 385 g/mol. The van der Waals surface area contributed by atoms with E-state index in [2.05, 4.69) is 15.4 Å². The summed E-state index contributed by atoms with van der Waals surface area (Å²) in [6, 6.07) is 2.54. The van der Waals surface area contributed by atoms with Gasteiger partial charge in [-0.25, -0.2) is 18.4 Å². The van der Waals surface area contributed by atoms with Gasteiger partial charge in [0.2, 0.25) is 0 Å². The van der Waals surface area contributed by atoms with Crippen molar-refractivity contribution in [3.05, 3.63) is 42.1 Å². The molecule has 1 amide bonds. The lowest BCUT2D eigenvalue weighted by molar-refractivity contribution is 0.0561. The maximum Gasteiger partial charge on any atom is 0.333 e. The second kappa shape index (κ2) is 7.25. The van der Waals surface area contributed by atoms with Crippen LogP contribution in [-0.4, -0.2) is 31.2 Å². The zero-order valence-corrected chi connectivity index (χ0v) is 14.2. The molecule has 0 aliphatic rings. The van der Waals surface area contributed by atoms with Crippen LogP contribution in [0.5, 0.6) is 5.75 Å². The molecule has 144 valence electrons. The number of aromatic nitrogens is 4. The number of rotatable bonds is 6. The van der Waals surface area contributed by atoms with Gasteiger partial charge in [-0.2, -0.15) is 13.9 Å². The molecule has 3 heterocycles. The van der Waals surface area contributed by atoms with Crippen LogP contribution in [0.3, 0.4) is 0 Å². The van der Waals surface area contributed by atoms with E-state index in [9.17, 15) is 22.4 Å². The summed E-state index contributed by atoms with van der Waals surface area (Å²) in [6.07, 6.45) is 0.425. The van der Waals surface area contributed by atoms with Crippen LogP contribution >= 0.6 is 0 Å². The van der Waals surface area contributed by atoms with Gasteiger partial charge in [0.05, 0.1) is 6.10 Å². The minimum atomic E-state index is -2.87. The molecule has 0 saturated carbocycles. The summed E-state index contributed by atoms with van der Waals surface area (Å²) < 4.78 is 58.2. The summed E-state index contributed by atoms with van der Waals surface area (Å²) in [7, 11) is 0. The highest BCUT2D eigenvalue weighted by Crippen LogP contribution is 2.29. The number of carbonyl (C=O) groups is 1. The molecule has 0 fully saturated rings. The number of ether oxygens (including phenoxy) is 1. The van der Waals surface area contributed by atoms with Gasteiger partial charge < -0.3 is 14.5 Å². The zero-order chi connectivity index (χ0) is 19.7. The number of fused-ring (bicyclic) bond motifs is 1.